The van der Waals surface area contributed by atoms with E-state index in [2.05, 4.69) is 75.7 Å². The second kappa shape index (κ2) is 4.52. The van der Waals surface area contributed by atoms with Crippen molar-refractivity contribution in [1.29, 1.82) is 0 Å². The highest BCUT2D eigenvalue weighted by Crippen LogP contribution is 2.32. The Hall–Kier alpha value is -0.300. The molecule has 0 saturated heterocycles. The topological polar surface area (TPSA) is 0 Å². The van der Waals surface area contributed by atoms with Crippen LogP contribution >= 0.6 is 15.9 Å². The predicted molar refractivity (Wildman–Crippen MR) is 76.5 cm³/mol. The minimum atomic E-state index is 0.213. The predicted octanol–water partition coefficient (Wildman–Crippen LogP) is 5.18. The van der Waals surface area contributed by atoms with Crippen molar-refractivity contribution in [2.75, 3.05) is 0 Å². The van der Waals surface area contributed by atoms with Crippen molar-refractivity contribution in [3.8, 4) is 0 Å². The van der Waals surface area contributed by atoms with Gasteiger partial charge in [-0.2, -0.15) is 0 Å². The van der Waals surface area contributed by atoms with E-state index < -0.39 is 0 Å². The Morgan fingerprint density at radius 1 is 0.938 bits per heavy atom. The Kier molecular flexibility index (Phi) is 3.89. The van der Waals surface area contributed by atoms with E-state index >= 15 is 0 Å². The maximum absolute atomic E-state index is 3.58. The van der Waals surface area contributed by atoms with Crippen LogP contribution in [0.25, 0.3) is 0 Å². The molecule has 0 aliphatic carbocycles. The second-order valence-electron chi connectivity index (χ2n) is 6.51. The molecule has 0 aromatic heterocycles. The molecular weight excluding hydrogens is 260 g/mol. The molecule has 0 heterocycles. The normalized spacial score (nSPS) is 12.9. The summed E-state index contributed by atoms with van der Waals surface area (Å²) >= 11 is 3.58. The summed E-state index contributed by atoms with van der Waals surface area (Å²) in [5, 5.41) is 0.935. The summed E-state index contributed by atoms with van der Waals surface area (Å²) in [5.74, 6) is 0. The van der Waals surface area contributed by atoms with E-state index in [1.54, 1.807) is 0 Å². The molecular formula is C15H23Br. The average Bonchev–Trinajstić information content (AvgIpc) is 2.14. The lowest BCUT2D eigenvalue weighted by Gasteiger charge is -2.27. The summed E-state index contributed by atoms with van der Waals surface area (Å²) in [4.78, 5) is 0. The third-order valence-corrected chi connectivity index (χ3v) is 3.53. The van der Waals surface area contributed by atoms with Gasteiger partial charge in [-0.25, -0.2) is 0 Å². The molecule has 0 fully saturated rings. The summed E-state index contributed by atoms with van der Waals surface area (Å²) in [7, 11) is 0. The number of halogens is 1. The van der Waals surface area contributed by atoms with Crippen LogP contribution in [0.15, 0.2) is 18.2 Å². The molecule has 0 nitrogen and oxygen atoms in total. The maximum Gasteiger partial charge on any atom is 0.0285 e. The molecule has 0 spiro atoms. The van der Waals surface area contributed by atoms with Crippen molar-refractivity contribution in [1.82, 2.24) is 0 Å². The quantitative estimate of drug-likeness (QED) is 0.623. The summed E-state index contributed by atoms with van der Waals surface area (Å²) in [6.07, 6.45) is 0. The van der Waals surface area contributed by atoms with Crippen LogP contribution in [0.1, 0.15) is 58.2 Å². The average molecular weight is 283 g/mol. The van der Waals surface area contributed by atoms with Crippen molar-refractivity contribution < 1.29 is 0 Å². The molecule has 0 aliphatic rings. The third-order valence-electron chi connectivity index (χ3n) is 2.93. The van der Waals surface area contributed by atoms with Gasteiger partial charge in [-0.1, -0.05) is 75.7 Å². The fourth-order valence-corrected chi connectivity index (χ4v) is 2.35. The Labute approximate surface area is 109 Å². The van der Waals surface area contributed by atoms with Crippen molar-refractivity contribution in [3.63, 3.8) is 0 Å². The molecule has 1 rings (SSSR count). The van der Waals surface area contributed by atoms with Crippen LogP contribution in [0.2, 0.25) is 0 Å². The van der Waals surface area contributed by atoms with Crippen LogP contribution in [0, 0.1) is 0 Å². The van der Waals surface area contributed by atoms with E-state index in [9.17, 15) is 0 Å². The van der Waals surface area contributed by atoms with Gasteiger partial charge in [0.2, 0.25) is 0 Å². The molecule has 1 aromatic rings. The van der Waals surface area contributed by atoms with Crippen molar-refractivity contribution in [2.45, 2.75) is 57.7 Å². The lowest BCUT2D eigenvalue weighted by atomic mass is 9.79. The van der Waals surface area contributed by atoms with Crippen LogP contribution in [0.3, 0.4) is 0 Å². The molecule has 0 N–H and O–H groups in total. The molecule has 0 saturated carbocycles. The Bertz CT molecular complexity index is 364. The van der Waals surface area contributed by atoms with Crippen LogP contribution in [0.4, 0.5) is 0 Å². The first-order valence-corrected chi connectivity index (χ1v) is 6.98. The van der Waals surface area contributed by atoms with Crippen molar-refractivity contribution in [2.24, 2.45) is 0 Å². The van der Waals surface area contributed by atoms with Gasteiger partial charge in [-0.15, -0.1) is 0 Å². The van der Waals surface area contributed by atoms with E-state index in [1.807, 2.05) is 0 Å². The lowest BCUT2D eigenvalue weighted by Crippen LogP contribution is -2.18. The van der Waals surface area contributed by atoms with Gasteiger partial charge in [0.25, 0.3) is 0 Å². The summed E-state index contributed by atoms with van der Waals surface area (Å²) in [5.41, 5.74) is 4.72. The highest BCUT2D eigenvalue weighted by Gasteiger charge is 2.21. The molecule has 1 aromatic carbocycles. The molecule has 0 radical (unpaired) electrons. The van der Waals surface area contributed by atoms with E-state index in [-0.39, 0.29) is 10.8 Å². The minimum Gasteiger partial charge on any atom is -0.0876 e. The van der Waals surface area contributed by atoms with E-state index in [0.29, 0.717) is 0 Å². The molecule has 0 atom stereocenters. The summed E-state index contributed by atoms with van der Waals surface area (Å²) in [6, 6.07) is 6.89. The van der Waals surface area contributed by atoms with Crippen LogP contribution in [0.5, 0.6) is 0 Å². The fourth-order valence-electron chi connectivity index (χ4n) is 1.86. The summed E-state index contributed by atoms with van der Waals surface area (Å²) < 4.78 is 0. The molecule has 90 valence electrons. The fraction of sp³-hybridized carbons (Fsp3) is 0.600. The number of hydrogen-bond donors (Lipinski definition) is 0. The van der Waals surface area contributed by atoms with Crippen molar-refractivity contribution >= 4 is 15.9 Å². The largest absolute Gasteiger partial charge is 0.0876 e. The van der Waals surface area contributed by atoms with E-state index in [4.69, 9.17) is 0 Å². The number of benzene rings is 1. The van der Waals surface area contributed by atoms with Crippen LogP contribution in [-0.2, 0) is 16.2 Å². The standard InChI is InChI=1S/C15H23Br/c1-14(2,3)12-8-7-11(10-16)13(9-12)15(4,5)6/h7-9H,10H2,1-6H3. The second-order valence-corrected chi connectivity index (χ2v) is 7.07. The van der Waals surface area contributed by atoms with Gasteiger partial charge >= 0.3 is 0 Å². The Morgan fingerprint density at radius 2 is 1.50 bits per heavy atom. The van der Waals surface area contributed by atoms with Gasteiger partial charge in [-0.05, 0) is 27.5 Å². The SMILES string of the molecule is CC(C)(C)c1ccc(CBr)c(C(C)(C)C)c1. The smallest absolute Gasteiger partial charge is 0.0285 e. The number of hydrogen-bond acceptors (Lipinski definition) is 0. The molecule has 0 bridgehead atoms. The van der Waals surface area contributed by atoms with Crippen LogP contribution in [-0.4, -0.2) is 0 Å². The molecule has 0 amide bonds. The zero-order valence-corrected chi connectivity index (χ0v) is 12.9. The first-order chi connectivity index (χ1) is 7.16. The van der Waals surface area contributed by atoms with Gasteiger partial charge < -0.3 is 0 Å². The van der Waals surface area contributed by atoms with Gasteiger partial charge in [0.15, 0.2) is 0 Å². The Morgan fingerprint density at radius 3 is 1.88 bits per heavy atom. The highest BCUT2D eigenvalue weighted by molar-refractivity contribution is 9.08. The minimum absolute atomic E-state index is 0.213. The first kappa shape index (κ1) is 13.8. The summed E-state index contributed by atoms with van der Waals surface area (Å²) in [6.45, 7) is 13.6. The van der Waals surface area contributed by atoms with Gasteiger partial charge in [0, 0.05) is 5.33 Å². The first-order valence-electron chi connectivity index (χ1n) is 5.86. The third kappa shape index (κ3) is 3.10. The lowest BCUT2D eigenvalue weighted by molar-refractivity contribution is 0.565. The van der Waals surface area contributed by atoms with Gasteiger partial charge in [0.1, 0.15) is 0 Å². The number of alkyl halides is 1. The van der Waals surface area contributed by atoms with Crippen molar-refractivity contribution in [3.05, 3.63) is 34.9 Å². The highest BCUT2D eigenvalue weighted by atomic mass is 79.9. The van der Waals surface area contributed by atoms with E-state index in [0.717, 1.165) is 5.33 Å². The zero-order valence-electron chi connectivity index (χ0n) is 11.3. The molecule has 0 aliphatic heterocycles. The molecule has 1 heteroatoms. The number of rotatable bonds is 1. The zero-order chi connectivity index (χ0) is 12.6. The van der Waals surface area contributed by atoms with Gasteiger partial charge in [0.05, 0.1) is 0 Å². The molecule has 0 unspecified atom stereocenters. The Balaban J connectivity index is 3.34. The van der Waals surface area contributed by atoms with E-state index in [1.165, 1.54) is 16.7 Å². The van der Waals surface area contributed by atoms with Gasteiger partial charge in [-0.3, -0.25) is 0 Å². The monoisotopic (exact) mass is 282 g/mol. The van der Waals surface area contributed by atoms with Crippen LogP contribution < -0.4 is 0 Å². The maximum atomic E-state index is 3.58. The molecule has 16 heavy (non-hydrogen) atoms.